The van der Waals surface area contributed by atoms with Gasteiger partial charge in [0.15, 0.2) is 0 Å². The predicted octanol–water partition coefficient (Wildman–Crippen LogP) is 3.45. The van der Waals surface area contributed by atoms with Crippen molar-refractivity contribution < 1.29 is 4.79 Å². The van der Waals surface area contributed by atoms with Crippen molar-refractivity contribution in [2.75, 3.05) is 12.3 Å². The number of carbonyl (C=O) groups is 1. The van der Waals surface area contributed by atoms with Crippen LogP contribution in [0, 0.1) is 0 Å². The average molecular weight is 385 g/mol. The van der Waals surface area contributed by atoms with E-state index < -0.39 is 0 Å². The van der Waals surface area contributed by atoms with Crippen molar-refractivity contribution in [1.29, 1.82) is 0 Å². The summed E-state index contributed by atoms with van der Waals surface area (Å²) in [4.78, 5) is 13.2. The van der Waals surface area contributed by atoms with E-state index >= 15 is 0 Å². The lowest BCUT2D eigenvalue weighted by molar-refractivity contribution is -0.116. The van der Waals surface area contributed by atoms with E-state index in [1.807, 2.05) is 48.3 Å². The maximum Gasteiger partial charge on any atom is 0.244 e. The number of aromatic nitrogens is 3. The van der Waals surface area contributed by atoms with E-state index in [4.69, 9.17) is 0 Å². The average Bonchev–Trinajstić information content (AvgIpc) is 3.33. The van der Waals surface area contributed by atoms with Crippen LogP contribution < -0.4 is 5.32 Å². The van der Waals surface area contributed by atoms with E-state index in [1.165, 1.54) is 11.0 Å². The van der Waals surface area contributed by atoms with E-state index in [2.05, 4.69) is 33.1 Å². The molecule has 3 rings (SSSR count). The van der Waals surface area contributed by atoms with Crippen LogP contribution in [0.3, 0.4) is 0 Å². The van der Waals surface area contributed by atoms with Crippen molar-refractivity contribution in [1.82, 2.24) is 20.3 Å². The minimum atomic E-state index is -0.112. The predicted molar refractivity (Wildman–Crippen MR) is 108 cm³/mol. The Labute approximate surface area is 161 Å². The Bertz CT molecular complexity index is 828. The molecule has 0 saturated carbocycles. The highest BCUT2D eigenvalue weighted by Gasteiger charge is 2.01. The summed E-state index contributed by atoms with van der Waals surface area (Å²) in [6, 6.07) is 14.2. The third-order valence-corrected chi connectivity index (χ3v) is 5.59. The summed E-state index contributed by atoms with van der Waals surface area (Å²) in [7, 11) is 0. The molecule has 1 amide bonds. The Morgan fingerprint density at radius 2 is 2.12 bits per heavy atom. The Balaban J connectivity index is 1.36. The number of amides is 1. The maximum absolute atomic E-state index is 11.8. The SMILES string of the molecule is O=C(/C=C/c1cn(Cc2ccccc2)nn1)NCCSCc1cccs1. The van der Waals surface area contributed by atoms with Gasteiger partial charge in [0.2, 0.25) is 5.91 Å². The van der Waals surface area contributed by atoms with Crippen LogP contribution in [-0.4, -0.2) is 33.2 Å². The molecule has 0 spiro atoms. The van der Waals surface area contributed by atoms with E-state index in [9.17, 15) is 4.79 Å². The minimum absolute atomic E-state index is 0.112. The second-order valence-electron chi connectivity index (χ2n) is 5.58. The first-order valence-corrected chi connectivity index (χ1v) is 10.3. The quantitative estimate of drug-likeness (QED) is 0.453. The van der Waals surface area contributed by atoms with Crippen LogP contribution in [0.25, 0.3) is 6.08 Å². The van der Waals surface area contributed by atoms with Gasteiger partial charge in [-0.3, -0.25) is 4.79 Å². The molecule has 0 atom stereocenters. The summed E-state index contributed by atoms with van der Waals surface area (Å²) < 4.78 is 1.76. The van der Waals surface area contributed by atoms with Gasteiger partial charge in [-0.15, -0.1) is 16.4 Å². The molecule has 2 aromatic heterocycles. The van der Waals surface area contributed by atoms with Gasteiger partial charge in [-0.1, -0.05) is 41.6 Å². The Kier molecular flexibility index (Phi) is 7.04. The Morgan fingerprint density at radius 1 is 1.23 bits per heavy atom. The molecule has 0 bridgehead atoms. The normalized spacial score (nSPS) is 11.1. The standard InChI is InChI=1S/C19H20N4OS2/c24-19(20-10-12-25-15-18-7-4-11-26-18)9-8-17-14-23(22-21-17)13-16-5-2-1-3-6-16/h1-9,11,14H,10,12-13,15H2,(H,20,24)/b9-8+. The summed E-state index contributed by atoms with van der Waals surface area (Å²) in [6.07, 6.45) is 5.01. The fraction of sp³-hybridized carbons (Fsp3) is 0.211. The van der Waals surface area contributed by atoms with Crippen LogP contribution in [0.5, 0.6) is 0 Å². The molecular formula is C19H20N4OS2. The highest BCUT2D eigenvalue weighted by atomic mass is 32.2. The van der Waals surface area contributed by atoms with Crippen LogP contribution in [0.15, 0.2) is 60.1 Å². The molecule has 1 N–H and O–H groups in total. The molecule has 0 aliphatic carbocycles. The van der Waals surface area contributed by atoms with Crippen molar-refractivity contribution in [3.63, 3.8) is 0 Å². The second-order valence-corrected chi connectivity index (χ2v) is 7.72. The van der Waals surface area contributed by atoms with Crippen molar-refractivity contribution in [2.24, 2.45) is 0 Å². The van der Waals surface area contributed by atoms with Crippen molar-refractivity contribution >= 4 is 35.1 Å². The second kappa shape index (κ2) is 9.94. The highest BCUT2D eigenvalue weighted by Crippen LogP contribution is 2.16. The minimum Gasteiger partial charge on any atom is -0.352 e. The Hall–Kier alpha value is -2.38. The van der Waals surface area contributed by atoms with Gasteiger partial charge in [-0.2, -0.15) is 11.8 Å². The summed E-state index contributed by atoms with van der Waals surface area (Å²) in [5, 5.41) is 13.1. The molecule has 2 heterocycles. The molecule has 3 aromatic rings. The smallest absolute Gasteiger partial charge is 0.244 e. The van der Waals surface area contributed by atoms with Gasteiger partial charge >= 0.3 is 0 Å². The fourth-order valence-electron chi connectivity index (χ4n) is 2.27. The van der Waals surface area contributed by atoms with Gasteiger partial charge in [0.25, 0.3) is 0 Å². The molecular weight excluding hydrogens is 364 g/mol. The molecule has 7 heteroatoms. The molecule has 0 fully saturated rings. The number of thioether (sulfide) groups is 1. The van der Waals surface area contributed by atoms with Crippen LogP contribution in [0.1, 0.15) is 16.1 Å². The lowest BCUT2D eigenvalue weighted by atomic mass is 10.2. The highest BCUT2D eigenvalue weighted by molar-refractivity contribution is 7.98. The number of hydrogen-bond acceptors (Lipinski definition) is 5. The fourth-order valence-corrected chi connectivity index (χ4v) is 3.97. The third-order valence-electron chi connectivity index (χ3n) is 3.52. The van der Waals surface area contributed by atoms with E-state index in [0.717, 1.165) is 17.1 Å². The van der Waals surface area contributed by atoms with Gasteiger partial charge in [0, 0.05) is 29.0 Å². The van der Waals surface area contributed by atoms with Gasteiger partial charge < -0.3 is 5.32 Å². The molecule has 0 radical (unpaired) electrons. The first-order valence-electron chi connectivity index (χ1n) is 8.30. The van der Waals surface area contributed by atoms with Gasteiger partial charge in [0.05, 0.1) is 12.7 Å². The van der Waals surface area contributed by atoms with Crippen LogP contribution >= 0.6 is 23.1 Å². The monoisotopic (exact) mass is 384 g/mol. The number of nitrogens with zero attached hydrogens (tertiary/aromatic N) is 3. The zero-order chi connectivity index (χ0) is 18.0. The first kappa shape index (κ1) is 18.4. The number of rotatable bonds is 9. The molecule has 0 aliphatic rings. The molecule has 0 saturated heterocycles. The molecule has 1 aromatic carbocycles. The summed E-state index contributed by atoms with van der Waals surface area (Å²) >= 11 is 3.58. The first-order chi connectivity index (χ1) is 12.8. The molecule has 26 heavy (non-hydrogen) atoms. The zero-order valence-electron chi connectivity index (χ0n) is 14.2. The number of benzene rings is 1. The summed E-state index contributed by atoms with van der Waals surface area (Å²) in [5.74, 6) is 1.78. The lowest BCUT2D eigenvalue weighted by Gasteiger charge is -2.01. The third kappa shape index (κ3) is 6.16. The zero-order valence-corrected chi connectivity index (χ0v) is 15.9. The van der Waals surface area contributed by atoms with Crippen molar-refractivity contribution in [3.8, 4) is 0 Å². The maximum atomic E-state index is 11.8. The summed E-state index contributed by atoms with van der Waals surface area (Å²) in [5.41, 5.74) is 1.83. The Morgan fingerprint density at radius 3 is 2.92 bits per heavy atom. The molecule has 5 nitrogen and oxygen atoms in total. The van der Waals surface area contributed by atoms with Gasteiger partial charge in [0.1, 0.15) is 5.69 Å². The van der Waals surface area contributed by atoms with Gasteiger partial charge in [-0.25, -0.2) is 4.68 Å². The number of hydrogen-bond donors (Lipinski definition) is 1. The van der Waals surface area contributed by atoms with Gasteiger partial charge in [-0.05, 0) is 23.1 Å². The molecule has 0 unspecified atom stereocenters. The van der Waals surface area contributed by atoms with E-state index in [-0.39, 0.29) is 5.91 Å². The molecule has 0 aliphatic heterocycles. The lowest BCUT2D eigenvalue weighted by Crippen LogP contribution is -2.23. The topological polar surface area (TPSA) is 59.8 Å². The van der Waals surface area contributed by atoms with Crippen LogP contribution in [0.4, 0.5) is 0 Å². The largest absolute Gasteiger partial charge is 0.352 e. The van der Waals surface area contributed by atoms with Crippen molar-refractivity contribution in [2.45, 2.75) is 12.3 Å². The number of carbonyl (C=O) groups excluding carboxylic acids is 1. The van der Waals surface area contributed by atoms with Crippen LogP contribution in [-0.2, 0) is 17.1 Å². The van der Waals surface area contributed by atoms with E-state index in [0.29, 0.717) is 18.8 Å². The van der Waals surface area contributed by atoms with E-state index in [1.54, 1.807) is 22.1 Å². The van der Waals surface area contributed by atoms with Crippen molar-refractivity contribution in [3.05, 3.63) is 76.3 Å². The molecule has 134 valence electrons. The number of thiophene rings is 1. The van der Waals surface area contributed by atoms with Crippen LogP contribution in [0.2, 0.25) is 0 Å². The number of nitrogens with one attached hydrogen (secondary N) is 1. The summed E-state index contributed by atoms with van der Waals surface area (Å²) in [6.45, 7) is 1.31.